The van der Waals surface area contributed by atoms with Gasteiger partial charge >= 0.3 is 0 Å². The lowest BCUT2D eigenvalue weighted by Crippen LogP contribution is -2.42. The number of rotatable bonds is 5. The minimum Gasteiger partial charge on any atom is -0.376 e. The predicted octanol–water partition coefficient (Wildman–Crippen LogP) is 0.524. The quantitative estimate of drug-likeness (QED) is 0.673. The van der Waals surface area contributed by atoms with Gasteiger partial charge in [-0.3, -0.25) is 0 Å². The van der Waals surface area contributed by atoms with Crippen molar-refractivity contribution in [1.82, 2.24) is 10.6 Å². The average Bonchev–Trinajstić information content (AvgIpc) is 2.74. The van der Waals surface area contributed by atoms with Crippen molar-refractivity contribution in [2.24, 2.45) is 0 Å². The summed E-state index contributed by atoms with van der Waals surface area (Å²) in [6.45, 7) is 7.95. The summed E-state index contributed by atoms with van der Waals surface area (Å²) in [5.41, 5.74) is 0.0751. The molecule has 16 heavy (non-hydrogen) atoms. The second-order valence-corrected chi connectivity index (χ2v) is 5.06. The Bertz CT molecular complexity index is 199. The third-order valence-corrected chi connectivity index (χ3v) is 3.45. The van der Waals surface area contributed by atoms with E-state index in [4.69, 9.17) is 9.47 Å². The van der Waals surface area contributed by atoms with E-state index < -0.39 is 0 Å². The zero-order valence-corrected chi connectivity index (χ0v) is 10.3. The number of nitrogens with one attached hydrogen (secondary N) is 2. The maximum Gasteiger partial charge on any atom is 0.0779 e. The first kappa shape index (κ1) is 12.3. The molecule has 0 saturated carbocycles. The Morgan fingerprint density at radius 3 is 3.06 bits per heavy atom. The minimum atomic E-state index is 0.0751. The SMILES string of the molecule is CC1(CNCCC2CNCCO2)CCCO1. The van der Waals surface area contributed by atoms with Gasteiger partial charge in [-0.05, 0) is 32.7 Å². The van der Waals surface area contributed by atoms with E-state index in [2.05, 4.69) is 17.6 Å². The first-order valence-corrected chi connectivity index (χ1v) is 6.45. The van der Waals surface area contributed by atoms with E-state index in [-0.39, 0.29) is 5.60 Å². The molecule has 0 aromatic heterocycles. The summed E-state index contributed by atoms with van der Waals surface area (Å²) < 4.78 is 11.4. The molecule has 2 saturated heterocycles. The lowest BCUT2D eigenvalue weighted by atomic mass is 10.0. The highest BCUT2D eigenvalue weighted by molar-refractivity contribution is 4.82. The molecule has 2 aliphatic rings. The van der Waals surface area contributed by atoms with Crippen LogP contribution < -0.4 is 10.6 Å². The van der Waals surface area contributed by atoms with Crippen molar-refractivity contribution in [2.75, 3.05) is 39.4 Å². The molecule has 0 spiro atoms. The molecule has 4 heteroatoms. The summed E-state index contributed by atoms with van der Waals surface area (Å²) in [5, 5.41) is 6.83. The van der Waals surface area contributed by atoms with E-state index in [0.29, 0.717) is 6.10 Å². The molecule has 0 bridgehead atoms. The second kappa shape index (κ2) is 5.96. The molecule has 2 aliphatic heterocycles. The summed E-state index contributed by atoms with van der Waals surface area (Å²) in [5.74, 6) is 0. The molecule has 0 aromatic carbocycles. The monoisotopic (exact) mass is 228 g/mol. The molecule has 94 valence electrons. The van der Waals surface area contributed by atoms with Gasteiger partial charge in [0.2, 0.25) is 0 Å². The molecule has 2 heterocycles. The molecule has 0 radical (unpaired) electrons. The van der Waals surface area contributed by atoms with Crippen LogP contribution in [0.3, 0.4) is 0 Å². The Labute approximate surface area is 98.1 Å². The number of hydrogen-bond acceptors (Lipinski definition) is 4. The van der Waals surface area contributed by atoms with E-state index in [9.17, 15) is 0 Å². The Kier molecular flexibility index (Phi) is 4.58. The maximum absolute atomic E-state index is 5.73. The van der Waals surface area contributed by atoms with Crippen LogP contribution in [0, 0.1) is 0 Å². The van der Waals surface area contributed by atoms with Gasteiger partial charge in [0.15, 0.2) is 0 Å². The molecule has 0 amide bonds. The number of ether oxygens (including phenoxy) is 2. The van der Waals surface area contributed by atoms with Crippen molar-refractivity contribution < 1.29 is 9.47 Å². The van der Waals surface area contributed by atoms with Crippen LogP contribution in [-0.4, -0.2) is 51.1 Å². The van der Waals surface area contributed by atoms with Crippen LogP contribution in [0.15, 0.2) is 0 Å². The van der Waals surface area contributed by atoms with Crippen molar-refractivity contribution >= 4 is 0 Å². The molecule has 0 aromatic rings. The third kappa shape index (κ3) is 3.70. The summed E-state index contributed by atoms with van der Waals surface area (Å²) in [4.78, 5) is 0. The predicted molar refractivity (Wildman–Crippen MR) is 63.7 cm³/mol. The van der Waals surface area contributed by atoms with Crippen LogP contribution in [0.25, 0.3) is 0 Å². The third-order valence-electron chi connectivity index (χ3n) is 3.45. The highest BCUT2D eigenvalue weighted by Crippen LogP contribution is 2.23. The van der Waals surface area contributed by atoms with Crippen molar-refractivity contribution in [3.05, 3.63) is 0 Å². The van der Waals surface area contributed by atoms with E-state index in [0.717, 1.165) is 45.8 Å². The van der Waals surface area contributed by atoms with Crippen LogP contribution >= 0.6 is 0 Å². The number of hydrogen-bond donors (Lipinski definition) is 2. The Morgan fingerprint density at radius 1 is 1.44 bits per heavy atom. The normalized spacial score (nSPS) is 35.4. The fourth-order valence-corrected chi connectivity index (χ4v) is 2.40. The highest BCUT2D eigenvalue weighted by atomic mass is 16.5. The zero-order valence-electron chi connectivity index (χ0n) is 10.3. The van der Waals surface area contributed by atoms with E-state index in [1.807, 2.05) is 0 Å². The molecule has 2 fully saturated rings. The lowest BCUT2D eigenvalue weighted by molar-refractivity contribution is 0.0127. The van der Waals surface area contributed by atoms with E-state index in [1.54, 1.807) is 0 Å². The summed E-state index contributed by atoms with van der Waals surface area (Å²) in [6, 6.07) is 0. The first-order chi connectivity index (χ1) is 7.79. The molecule has 2 rings (SSSR count). The van der Waals surface area contributed by atoms with Crippen molar-refractivity contribution in [3.8, 4) is 0 Å². The van der Waals surface area contributed by atoms with Crippen LogP contribution in [0.5, 0.6) is 0 Å². The van der Waals surface area contributed by atoms with Gasteiger partial charge in [-0.1, -0.05) is 0 Å². The molecular formula is C12H24N2O2. The van der Waals surface area contributed by atoms with Gasteiger partial charge in [0.05, 0.1) is 18.3 Å². The van der Waals surface area contributed by atoms with Gasteiger partial charge in [-0.15, -0.1) is 0 Å². The Hall–Kier alpha value is -0.160. The average molecular weight is 228 g/mol. The minimum absolute atomic E-state index is 0.0751. The lowest BCUT2D eigenvalue weighted by Gasteiger charge is -2.26. The fourth-order valence-electron chi connectivity index (χ4n) is 2.40. The molecule has 0 aliphatic carbocycles. The van der Waals surface area contributed by atoms with Gasteiger partial charge in [0.1, 0.15) is 0 Å². The summed E-state index contributed by atoms with van der Waals surface area (Å²) in [7, 11) is 0. The first-order valence-electron chi connectivity index (χ1n) is 6.45. The number of morpholine rings is 1. The van der Waals surface area contributed by atoms with Crippen molar-refractivity contribution in [1.29, 1.82) is 0 Å². The van der Waals surface area contributed by atoms with Gasteiger partial charge in [0.25, 0.3) is 0 Å². The van der Waals surface area contributed by atoms with Crippen molar-refractivity contribution in [2.45, 2.75) is 37.9 Å². The van der Waals surface area contributed by atoms with Gasteiger partial charge in [-0.25, -0.2) is 0 Å². The summed E-state index contributed by atoms with van der Waals surface area (Å²) in [6.07, 6.45) is 3.86. The van der Waals surface area contributed by atoms with Gasteiger partial charge in [-0.2, -0.15) is 0 Å². The standard InChI is InChI=1S/C12H24N2O2/c1-12(4-2-7-16-12)10-14-5-3-11-9-13-6-8-15-11/h11,13-14H,2-10H2,1H3. The van der Waals surface area contributed by atoms with Crippen LogP contribution in [0.1, 0.15) is 26.2 Å². The largest absolute Gasteiger partial charge is 0.376 e. The molecule has 4 nitrogen and oxygen atoms in total. The van der Waals surface area contributed by atoms with Crippen LogP contribution in [0.2, 0.25) is 0 Å². The van der Waals surface area contributed by atoms with E-state index in [1.165, 1.54) is 12.8 Å². The highest BCUT2D eigenvalue weighted by Gasteiger charge is 2.29. The van der Waals surface area contributed by atoms with Crippen molar-refractivity contribution in [3.63, 3.8) is 0 Å². The maximum atomic E-state index is 5.73. The Morgan fingerprint density at radius 2 is 2.38 bits per heavy atom. The van der Waals surface area contributed by atoms with Gasteiger partial charge < -0.3 is 20.1 Å². The smallest absolute Gasteiger partial charge is 0.0779 e. The summed E-state index contributed by atoms with van der Waals surface area (Å²) >= 11 is 0. The molecule has 2 unspecified atom stereocenters. The topological polar surface area (TPSA) is 42.5 Å². The molecule has 2 atom stereocenters. The van der Waals surface area contributed by atoms with Gasteiger partial charge in [0, 0.05) is 26.2 Å². The van der Waals surface area contributed by atoms with Crippen LogP contribution in [0.4, 0.5) is 0 Å². The molecular weight excluding hydrogens is 204 g/mol. The second-order valence-electron chi connectivity index (χ2n) is 5.06. The van der Waals surface area contributed by atoms with Crippen LogP contribution in [-0.2, 0) is 9.47 Å². The zero-order chi connectivity index (χ0) is 11.3. The Balaban J connectivity index is 1.54. The molecule has 2 N–H and O–H groups in total. The fraction of sp³-hybridized carbons (Fsp3) is 1.00. The van der Waals surface area contributed by atoms with E-state index >= 15 is 0 Å².